The van der Waals surface area contributed by atoms with Gasteiger partial charge in [-0.15, -0.1) is 0 Å². The Morgan fingerprint density at radius 2 is 1.84 bits per heavy atom. The van der Waals surface area contributed by atoms with Crippen LogP contribution >= 0.6 is 0 Å². The molecule has 0 aromatic heterocycles. The quantitative estimate of drug-likeness (QED) is 0.634. The average Bonchev–Trinajstić information content (AvgIpc) is 2.46. The molecule has 0 heterocycles. The van der Waals surface area contributed by atoms with E-state index in [2.05, 4.69) is 0 Å². The van der Waals surface area contributed by atoms with Crippen molar-refractivity contribution in [3.8, 4) is 0 Å². The summed E-state index contributed by atoms with van der Waals surface area (Å²) in [7, 11) is 0. The molecule has 2 aromatic carbocycles. The fourth-order valence-electron chi connectivity index (χ4n) is 1.53. The lowest BCUT2D eigenvalue weighted by molar-refractivity contribution is 0.0472. The summed E-state index contributed by atoms with van der Waals surface area (Å²) in [6.45, 7) is 0.157. The third kappa shape index (κ3) is 3.74. The van der Waals surface area contributed by atoms with Crippen molar-refractivity contribution < 1.29 is 18.3 Å². The summed E-state index contributed by atoms with van der Waals surface area (Å²) < 4.78 is 26.7. The molecule has 0 bridgehead atoms. The minimum Gasteiger partial charge on any atom is -0.768 e. The van der Waals surface area contributed by atoms with Crippen LogP contribution in [0.4, 0.5) is 0 Å². The van der Waals surface area contributed by atoms with Gasteiger partial charge in [0.05, 0.1) is 5.56 Å². The Morgan fingerprint density at radius 3 is 2.53 bits per heavy atom. The number of ether oxygens (including phenoxy) is 1. The van der Waals surface area contributed by atoms with Crippen LogP contribution in [0.2, 0.25) is 0 Å². The van der Waals surface area contributed by atoms with Crippen LogP contribution in [0.3, 0.4) is 0 Å². The van der Waals surface area contributed by atoms with E-state index in [1.54, 1.807) is 0 Å². The monoisotopic (exact) mass is 275 g/mol. The van der Waals surface area contributed by atoms with Crippen molar-refractivity contribution >= 4 is 17.0 Å². The molecule has 0 amide bonds. The standard InChI is InChI=1S/C14H12O4S/c15-14(18-10-11-5-2-1-3-6-11)12-7-4-8-13(9-12)19(16)17/h1-9H,10H2,(H,16,17)/p-1. The van der Waals surface area contributed by atoms with E-state index in [1.165, 1.54) is 24.3 Å². The Kier molecular flexibility index (Phi) is 4.43. The van der Waals surface area contributed by atoms with E-state index < -0.39 is 17.0 Å². The molecule has 4 nitrogen and oxygen atoms in total. The van der Waals surface area contributed by atoms with Gasteiger partial charge in [-0.05, 0) is 34.8 Å². The van der Waals surface area contributed by atoms with Crippen molar-refractivity contribution in [3.05, 3.63) is 65.7 Å². The molecule has 0 fully saturated rings. The molecule has 2 aromatic rings. The van der Waals surface area contributed by atoms with Crippen LogP contribution in [0.5, 0.6) is 0 Å². The predicted molar refractivity (Wildman–Crippen MR) is 69.2 cm³/mol. The first kappa shape index (κ1) is 13.5. The van der Waals surface area contributed by atoms with Gasteiger partial charge >= 0.3 is 5.97 Å². The van der Waals surface area contributed by atoms with Gasteiger partial charge in [-0.1, -0.05) is 36.4 Å². The first-order valence-electron chi connectivity index (χ1n) is 5.57. The maximum atomic E-state index is 11.8. The molecule has 0 saturated heterocycles. The molecule has 0 radical (unpaired) electrons. The van der Waals surface area contributed by atoms with Gasteiger partial charge in [0.25, 0.3) is 0 Å². The van der Waals surface area contributed by atoms with Gasteiger partial charge in [0.15, 0.2) is 0 Å². The number of esters is 1. The topological polar surface area (TPSA) is 66.4 Å². The summed E-state index contributed by atoms with van der Waals surface area (Å²) in [5, 5.41) is 0. The van der Waals surface area contributed by atoms with E-state index in [0.717, 1.165) is 5.56 Å². The normalized spacial score (nSPS) is 11.8. The molecule has 5 heteroatoms. The summed E-state index contributed by atoms with van der Waals surface area (Å²) in [6.07, 6.45) is 0. The van der Waals surface area contributed by atoms with E-state index in [-0.39, 0.29) is 17.1 Å². The smallest absolute Gasteiger partial charge is 0.338 e. The molecule has 98 valence electrons. The SMILES string of the molecule is O=C(OCc1ccccc1)c1cccc(S(=O)[O-])c1. The molecule has 1 unspecified atom stereocenters. The number of carbonyl (C=O) groups is 1. The van der Waals surface area contributed by atoms with E-state index in [0.29, 0.717) is 0 Å². The molecule has 0 aliphatic heterocycles. The maximum Gasteiger partial charge on any atom is 0.338 e. The largest absolute Gasteiger partial charge is 0.768 e. The van der Waals surface area contributed by atoms with Gasteiger partial charge in [-0.2, -0.15) is 0 Å². The Balaban J connectivity index is 2.04. The highest BCUT2D eigenvalue weighted by Gasteiger charge is 2.08. The lowest BCUT2D eigenvalue weighted by Crippen LogP contribution is -2.06. The van der Waals surface area contributed by atoms with Gasteiger partial charge in [-0.25, -0.2) is 4.79 Å². The maximum absolute atomic E-state index is 11.8. The van der Waals surface area contributed by atoms with Crippen LogP contribution in [-0.2, 0) is 22.4 Å². The lowest BCUT2D eigenvalue weighted by Gasteiger charge is -2.08. The van der Waals surface area contributed by atoms with Crippen LogP contribution in [0.25, 0.3) is 0 Å². The minimum atomic E-state index is -2.35. The fourth-order valence-corrected chi connectivity index (χ4v) is 1.95. The zero-order valence-corrected chi connectivity index (χ0v) is 10.8. The second-order valence-electron chi connectivity index (χ2n) is 3.82. The van der Waals surface area contributed by atoms with Crippen molar-refractivity contribution in [3.63, 3.8) is 0 Å². The van der Waals surface area contributed by atoms with E-state index in [1.807, 2.05) is 30.3 Å². The van der Waals surface area contributed by atoms with Gasteiger partial charge in [0, 0.05) is 4.90 Å². The third-order valence-corrected chi connectivity index (χ3v) is 3.11. The number of rotatable bonds is 4. The molecule has 0 aliphatic rings. The molecule has 1 atom stereocenters. The number of carbonyl (C=O) groups excluding carboxylic acids is 1. The van der Waals surface area contributed by atoms with Gasteiger partial charge < -0.3 is 9.29 Å². The van der Waals surface area contributed by atoms with Gasteiger partial charge in [0.2, 0.25) is 0 Å². The molecule has 0 N–H and O–H groups in total. The summed E-state index contributed by atoms with van der Waals surface area (Å²) >= 11 is -2.35. The number of benzene rings is 2. The van der Waals surface area contributed by atoms with Gasteiger partial charge in [-0.3, -0.25) is 4.21 Å². The second kappa shape index (κ2) is 6.26. The molecule has 0 spiro atoms. The van der Waals surface area contributed by atoms with Crippen molar-refractivity contribution in [1.29, 1.82) is 0 Å². The van der Waals surface area contributed by atoms with Crippen molar-refractivity contribution in [1.82, 2.24) is 0 Å². The molecule has 2 rings (SSSR count). The predicted octanol–water partition coefficient (Wildman–Crippen LogP) is 2.28. The number of hydrogen-bond donors (Lipinski definition) is 0. The molecule has 19 heavy (non-hydrogen) atoms. The Morgan fingerprint density at radius 1 is 1.11 bits per heavy atom. The minimum absolute atomic E-state index is 0.0640. The van der Waals surface area contributed by atoms with E-state index in [4.69, 9.17) is 4.74 Å². The average molecular weight is 275 g/mol. The molecule has 0 aliphatic carbocycles. The highest BCUT2D eigenvalue weighted by atomic mass is 32.2. The Hall–Kier alpha value is -1.98. The van der Waals surface area contributed by atoms with Crippen molar-refractivity contribution in [2.45, 2.75) is 11.5 Å². The van der Waals surface area contributed by atoms with Crippen molar-refractivity contribution in [2.24, 2.45) is 0 Å². The number of hydrogen-bond acceptors (Lipinski definition) is 4. The second-order valence-corrected chi connectivity index (χ2v) is 4.77. The molecular weight excluding hydrogens is 264 g/mol. The van der Waals surface area contributed by atoms with E-state index >= 15 is 0 Å². The summed E-state index contributed by atoms with van der Waals surface area (Å²) in [6, 6.07) is 15.0. The Labute approximate surface area is 113 Å². The van der Waals surface area contributed by atoms with Crippen LogP contribution < -0.4 is 0 Å². The summed E-state index contributed by atoms with van der Waals surface area (Å²) in [4.78, 5) is 11.8. The van der Waals surface area contributed by atoms with Crippen LogP contribution in [-0.4, -0.2) is 14.7 Å². The van der Waals surface area contributed by atoms with Crippen molar-refractivity contribution in [2.75, 3.05) is 0 Å². The highest BCUT2D eigenvalue weighted by molar-refractivity contribution is 7.79. The van der Waals surface area contributed by atoms with Crippen LogP contribution in [0, 0.1) is 0 Å². The highest BCUT2D eigenvalue weighted by Crippen LogP contribution is 2.11. The molecular formula is C14H11O4S-. The third-order valence-electron chi connectivity index (χ3n) is 2.47. The first-order valence-corrected chi connectivity index (χ1v) is 6.64. The lowest BCUT2D eigenvalue weighted by atomic mass is 10.2. The van der Waals surface area contributed by atoms with Gasteiger partial charge in [0.1, 0.15) is 6.61 Å². The zero-order valence-electron chi connectivity index (χ0n) is 9.94. The zero-order chi connectivity index (χ0) is 13.7. The fraction of sp³-hybridized carbons (Fsp3) is 0.0714. The van der Waals surface area contributed by atoms with Crippen LogP contribution in [0.1, 0.15) is 15.9 Å². The molecule has 0 saturated carbocycles. The summed E-state index contributed by atoms with van der Waals surface area (Å²) in [5.41, 5.74) is 1.09. The first-order chi connectivity index (χ1) is 9.16. The van der Waals surface area contributed by atoms with Crippen LogP contribution in [0.15, 0.2) is 59.5 Å². The Bertz CT molecular complexity index is 595. The van der Waals surface area contributed by atoms with E-state index in [9.17, 15) is 13.6 Å². The summed E-state index contributed by atoms with van der Waals surface area (Å²) in [5.74, 6) is -0.545.